The number of nitrogens with one attached hydrogen (secondary N) is 2. The molecule has 1 atom stereocenters. The predicted molar refractivity (Wildman–Crippen MR) is 172 cm³/mol. The zero-order valence-electron chi connectivity index (χ0n) is 25.4. The van der Waals surface area contributed by atoms with E-state index in [1.165, 1.54) is 6.07 Å². The molecule has 0 saturated carbocycles. The van der Waals surface area contributed by atoms with Gasteiger partial charge in [0, 0.05) is 38.1 Å². The average Bonchev–Trinajstić information content (AvgIpc) is 3.02. The van der Waals surface area contributed by atoms with Crippen LogP contribution in [0.4, 0.5) is 24.5 Å². The molecule has 3 N–H and O–H groups in total. The molecule has 0 amide bonds. The summed E-state index contributed by atoms with van der Waals surface area (Å²) in [5, 5.41) is 5.27. The van der Waals surface area contributed by atoms with Gasteiger partial charge in [0.25, 0.3) is 21.0 Å². The van der Waals surface area contributed by atoms with Gasteiger partial charge in [0.2, 0.25) is 10.0 Å². The molecule has 0 bridgehead atoms. The molecule has 3 aromatic carbocycles. The van der Waals surface area contributed by atoms with Crippen LogP contribution in [-0.4, -0.2) is 56.1 Å². The van der Waals surface area contributed by atoms with Crippen LogP contribution in [0.3, 0.4) is 0 Å². The van der Waals surface area contributed by atoms with Crippen LogP contribution in [0.2, 0.25) is 0 Å². The Kier molecular flexibility index (Phi) is 10.9. The molecule has 252 valence electrons. The third-order valence-electron chi connectivity index (χ3n) is 7.59. The van der Waals surface area contributed by atoms with E-state index in [1.807, 2.05) is 19.1 Å². The number of nitrogens with zero attached hydrogens (tertiary/aromatic N) is 2. The van der Waals surface area contributed by atoms with Crippen molar-refractivity contribution in [2.24, 2.45) is 0 Å². The highest BCUT2D eigenvalue weighted by atomic mass is 32.2. The molecular weight excluding hydrogens is 661 g/mol. The lowest BCUT2D eigenvalue weighted by Gasteiger charge is -2.30. The highest BCUT2D eigenvalue weighted by Crippen LogP contribution is 2.38. The van der Waals surface area contributed by atoms with E-state index in [-0.39, 0.29) is 43.9 Å². The maximum atomic E-state index is 14.0. The number of hydrogen-bond acceptors (Lipinski definition) is 9. The van der Waals surface area contributed by atoms with Crippen LogP contribution in [0.5, 0.6) is 0 Å². The summed E-state index contributed by atoms with van der Waals surface area (Å²) >= 11 is 0. The van der Waals surface area contributed by atoms with Crippen molar-refractivity contribution in [3.63, 3.8) is 0 Å². The van der Waals surface area contributed by atoms with Crippen LogP contribution < -0.4 is 21.5 Å². The molecule has 0 aliphatic heterocycles. The van der Waals surface area contributed by atoms with Crippen molar-refractivity contribution in [3.05, 3.63) is 104 Å². The Labute approximate surface area is 270 Å². The van der Waals surface area contributed by atoms with Gasteiger partial charge in [-0.1, -0.05) is 30.3 Å². The van der Waals surface area contributed by atoms with Crippen LogP contribution in [0.1, 0.15) is 42.5 Å². The van der Waals surface area contributed by atoms with Gasteiger partial charge in [-0.25, -0.2) is 8.42 Å². The largest absolute Gasteiger partial charge is 0.417 e. The van der Waals surface area contributed by atoms with Gasteiger partial charge in [-0.05, 0) is 73.2 Å². The van der Waals surface area contributed by atoms with Gasteiger partial charge in [0.1, 0.15) is 11.4 Å². The van der Waals surface area contributed by atoms with Gasteiger partial charge in [0.15, 0.2) is 0 Å². The minimum absolute atomic E-state index is 0.0782. The number of pyridine rings is 1. The van der Waals surface area contributed by atoms with Gasteiger partial charge >= 0.3 is 6.18 Å². The lowest BCUT2D eigenvalue weighted by molar-refractivity contribution is -0.139. The topological polar surface area (TPSA) is 163 Å². The Hall–Kier alpha value is -4.12. The lowest BCUT2D eigenvalue weighted by Crippen LogP contribution is -2.38. The number of hydrogen-bond donors (Lipinski definition) is 3. The molecule has 0 saturated heterocycles. The van der Waals surface area contributed by atoms with E-state index in [0.717, 1.165) is 39.2 Å². The third kappa shape index (κ3) is 8.43. The fraction of sp³-hybridized carbons (Fsp3) is 0.323. The summed E-state index contributed by atoms with van der Waals surface area (Å²) < 4.78 is 102. The zero-order chi connectivity index (χ0) is 34.6. The van der Waals surface area contributed by atoms with E-state index in [4.69, 9.17) is 4.55 Å². The Morgan fingerprint density at radius 1 is 0.915 bits per heavy atom. The van der Waals surface area contributed by atoms with Crippen LogP contribution >= 0.6 is 0 Å². The van der Waals surface area contributed by atoms with Crippen LogP contribution in [0, 0.1) is 6.92 Å². The molecule has 0 spiro atoms. The van der Waals surface area contributed by atoms with Crippen molar-refractivity contribution in [2.75, 3.05) is 36.0 Å². The summed E-state index contributed by atoms with van der Waals surface area (Å²) in [7, 11) is -8.99. The summed E-state index contributed by atoms with van der Waals surface area (Å²) in [4.78, 5) is 27.2. The first-order chi connectivity index (χ1) is 22.0. The van der Waals surface area contributed by atoms with E-state index < -0.39 is 59.4 Å². The van der Waals surface area contributed by atoms with E-state index in [1.54, 1.807) is 37.5 Å². The summed E-state index contributed by atoms with van der Waals surface area (Å²) in [6.45, 7) is 3.07. The summed E-state index contributed by atoms with van der Waals surface area (Å²) in [5.41, 5.74) is -0.111. The highest BCUT2D eigenvalue weighted by molar-refractivity contribution is 7.89. The first-order valence-corrected chi connectivity index (χ1v) is 17.5. The molecule has 0 fully saturated rings. The van der Waals surface area contributed by atoms with Crippen molar-refractivity contribution in [2.45, 2.75) is 43.8 Å². The maximum absolute atomic E-state index is 14.0. The van der Waals surface area contributed by atoms with Crippen LogP contribution in [0.25, 0.3) is 11.1 Å². The second kappa shape index (κ2) is 14.3. The maximum Gasteiger partial charge on any atom is 0.417 e. The van der Waals surface area contributed by atoms with Crippen LogP contribution in [-0.2, 0) is 26.3 Å². The van der Waals surface area contributed by atoms with Crippen molar-refractivity contribution in [3.8, 4) is 11.1 Å². The fourth-order valence-electron chi connectivity index (χ4n) is 5.14. The number of sulfonamides is 1. The molecule has 4 aromatic rings. The minimum atomic E-state index is -4.92. The predicted octanol–water partition coefficient (Wildman–Crippen LogP) is 4.62. The quantitative estimate of drug-likeness (QED) is 0.0910. The number of aryl methyl sites for hydroxylation is 1. The second-order valence-corrected chi connectivity index (χ2v) is 14.3. The van der Waals surface area contributed by atoms with Gasteiger partial charge in [-0.3, -0.25) is 19.1 Å². The molecule has 0 aliphatic carbocycles. The Morgan fingerprint density at radius 3 is 2.21 bits per heavy atom. The molecule has 1 heterocycles. The molecule has 0 radical (unpaired) electrons. The Balaban J connectivity index is 1.57. The number of unbranched alkanes of at least 4 members (excludes halogenated alkanes) is 1. The molecule has 16 heteroatoms. The number of aromatic nitrogens is 1. The SMILES string of the molecule is Cc1cnccc1-c1cccc([C@H](C)N(CCCCNc2c(NCCS(=O)(=O)O)c(=O)c2=O)S(=O)(=O)c2ccccc2C(F)(F)F)c1. The Morgan fingerprint density at radius 2 is 1.57 bits per heavy atom. The van der Waals surface area contributed by atoms with Crippen molar-refractivity contribution in [1.29, 1.82) is 0 Å². The summed E-state index contributed by atoms with van der Waals surface area (Å²) in [6, 6.07) is 12.0. The number of halogens is 3. The molecule has 47 heavy (non-hydrogen) atoms. The number of rotatable bonds is 15. The molecule has 4 rings (SSSR count). The summed E-state index contributed by atoms with van der Waals surface area (Å²) in [6.07, 6.45) is -1.20. The summed E-state index contributed by atoms with van der Waals surface area (Å²) in [5.74, 6) is -0.684. The van der Waals surface area contributed by atoms with Crippen molar-refractivity contribution >= 4 is 31.5 Å². The van der Waals surface area contributed by atoms with E-state index in [9.17, 15) is 39.6 Å². The van der Waals surface area contributed by atoms with Crippen molar-refractivity contribution < 1.29 is 34.6 Å². The zero-order valence-corrected chi connectivity index (χ0v) is 27.0. The van der Waals surface area contributed by atoms with Crippen molar-refractivity contribution in [1.82, 2.24) is 9.29 Å². The second-order valence-electron chi connectivity index (χ2n) is 10.9. The lowest BCUT2D eigenvalue weighted by atomic mass is 9.98. The minimum Gasteiger partial charge on any atom is -0.380 e. The first-order valence-electron chi connectivity index (χ1n) is 14.5. The molecule has 0 unspecified atom stereocenters. The number of anilines is 2. The highest BCUT2D eigenvalue weighted by Gasteiger charge is 2.40. The van der Waals surface area contributed by atoms with E-state index in [0.29, 0.717) is 5.56 Å². The van der Waals surface area contributed by atoms with Gasteiger partial charge in [0.05, 0.1) is 16.2 Å². The average molecular weight is 695 g/mol. The molecule has 11 nitrogen and oxygen atoms in total. The molecule has 0 aliphatic rings. The molecule has 1 aromatic heterocycles. The monoisotopic (exact) mass is 694 g/mol. The van der Waals surface area contributed by atoms with Gasteiger partial charge in [-0.2, -0.15) is 25.9 Å². The standard InChI is InChI=1S/C31H33F3N4O7S2/c1-20-19-35-14-12-24(20)23-9-7-8-22(18-23)21(2)38(47(44,45)26-11-4-3-10-25(26)31(32,33)34)16-6-5-13-36-27-28(30(40)29(27)39)37-15-17-46(41,42)43/h3-4,7-12,14,18-19,21,36-37H,5-6,13,15-17H2,1-2H3,(H,41,42,43)/t21-/m0/s1. The fourth-order valence-corrected chi connectivity index (χ4v) is 7.38. The molecular formula is C31H33F3N4O7S2. The third-order valence-corrected chi connectivity index (χ3v) is 10.3. The van der Waals surface area contributed by atoms with E-state index in [2.05, 4.69) is 15.6 Å². The number of alkyl halides is 3. The smallest absolute Gasteiger partial charge is 0.380 e. The number of benzene rings is 2. The Bertz CT molecular complexity index is 2030. The van der Waals surface area contributed by atoms with E-state index >= 15 is 0 Å². The first kappa shape index (κ1) is 35.7. The van der Waals surface area contributed by atoms with Crippen LogP contribution in [0.15, 0.2) is 81.5 Å². The normalized spacial score (nSPS) is 13.2. The van der Waals surface area contributed by atoms with Gasteiger partial charge in [-0.15, -0.1) is 0 Å². The van der Waals surface area contributed by atoms with Gasteiger partial charge < -0.3 is 10.6 Å².